The van der Waals surface area contributed by atoms with Gasteiger partial charge in [0.05, 0.1) is 6.10 Å². The maximum absolute atomic E-state index is 9.03. The van der Waals surface area contributed by atoms with Crippen molar-refractivity contribution in [2.24, 2.45) is 29.6 Å². The Bertz CT molecular complexity index is 373. The van der Waals surface area contributed by atoms with Gasteiger partial charge in [-0.15, -0.1) is 6.58 Å². The van der Waals surface area contributed by atoms with Gasteiger partial charge in [-0.25, -0.2) is 0 Å². The summed E-state index contributed by atoms with van der Waals surface area (Å²) in [6, 6.07) is 0. The van der Waals surface area contributed by atoms with Crippen molar-refractivity contribution in [3.05, 3.63) is 24.8 Å². The molecule has 2 saturated carbocycles. The number of aliphatic hydroxyl groups is 1. The lowest BCUT2D eigenvalue weighted by molar-refractivity contribution is 0.112. The monoisotopic (exact) mass is 346 g/mol. The first-order valence-corrected chi connectivity index (χ1v) is 11.1. The molecule has 2 atom stereocenters. The molecule has 0 radical (unpaired) electrons. The molecule has 144 valence electrons. The molecule has 0 aromatic carbocycles. The molecule has 0 bridgehead atoms. The van der Waals surface area contributed by atoms with Crippen LogP contribution in [0.3, 0.4) is 0 Å². The van der Waals surface area contributed by atoms with Gasteiger partial charge in [0.25, 0.3) is 0 Å². The van der Waals surface area contributed by atoms with E-state index in [2.05, 4.69) is 38.7 Å². The minimum atomic E-state index is 0.0196. The molecule has 25 heavy (non-hydrogen) atoms. The Hall–Kier alpha value is -0.560. The van der Waals surface area contributed by atoms with Crippen molar-refractivity contribution in [1.82, 2.24) is 0 Å². The van der Waals surface area contributed by atoms with Gasteiger partial charge in [0.2, 0.25) is 0 Å². The van der Waals surface area contributed by atoms with E-state index >= 15 is 0 Å². The first-order chi connectivity index (χ1) is 12.1. The van der Waals surface area contributed by atoms with Crippen LogP contribution in [0.5, 0.6) is 0 Å². The zero-order valence-electron chi connectivity index (χ0n) is 16.8. The minimum absolute atomic E-state index is 0.0196. The van der Waals surface area contributed by atoms with Gasteiger partial charge in [0.1, 0.15) is 0 Å². The van der Waals surface area contributed by atoms with Crippen LogP contribution in [0, 0.1) is 29.6 Å². The maximum Gasteiger partial charge on any atom is 0.0540 e. The molecule has 0 saturated heterocycles. The van der Waals surface area contributed by atoms with Crippen molar-refractivity contribution in [1.29, 1.82) is 0 Å². The Morgan fingerprint density at radius 3 is 1.92 bits per heavy atom. The minimum Gasteiger partial charge on any atom is -0.393 e. The van der Waals surface area contributed by atoms with Crippen molar-refractivity contribution < 1.29 is 5.11 Å². The quantitative estimate of drug-likeness (QED) is 0.548. The standard InChI is InChI=1S/C17H28.C7H14O/c1-3-4-5-15-8-12-17(13-9-15)16-10-6-14(2)7-11-16;1-6-2-4-7(8)5-3-6/h3,8,12,14-17H,1,4-7,9-11,13H2,2H3;6-8H,2-5H2,1H3. The fourth-order valence-electron chi connectivity index (χ4n) is 4.82. The molecule has 0 spiro atoms. The number of allylic oxidation sites excluding steroid dienone is 3. The number of hydrogen-bond donors (Lipinski definition) is 1. The Morgan fingerprint density at radius 1 is 0.840 bits per heavy atom. The van der Waals surface area contributed by atoms with Crippen molar-refractivity contribution in [2.45, 2.75) is 97.0 Å². The molecule has 0 amide bonds. The van der Waals surface area contributed by atoms with Crippen LogP contribution in [0.1, 0.15) is 90.9 Å². The van der Waals surface area contributed by atoms with Crippen LogP contribution in [-0.4, -0.2) is 11.2 Å². The second-order valence-corrected chi connectivity index (χ2v) is 9.19. The Balaban J connectivity index is 0.000000236. The average Bonchev–Trinajstić information content (AvgIpc) is 2.64. The molecular formula is C24H42O. The predicted octanol–water partition coefficient (Wildman–Crippen LogP) is 6.92. The van der Waals surface area contributed by atoms with Crippen LogP contribution in [0.2, 0.25) is 0 Å². The van der Waals surface area contributed by atoms with Gasteiger partial charge in [-0.3, -0.25) is 0 Å². The van der Waals surface area contributed by atoms with E-state index < -0.39 is 0 Å². The highest BCUT2D eigenvalue weighted by atomic mass is 16.3. The fourth-order valence-corrected chi connectivity index (χ4v) is 4.82. The number of rotatable bonds is 4. The van der Waals surface area contributed by atoms with Crippen LogP contribution >= 0.6 is 0 Å². The third-order valence-electron chi connectivity index (χ3n) is 6.89. The highest BCUT2D eigenvalue weighted by Crippen LogP contribution is 2.38. The third-order valence-corrected chi connectivity index (χ3v) is 6.89. The van der Waals surface area contributed by atoms with Crippen LogP contribution in [0.25, 0.3) is 0 Å². The summed E-state index contributed by atoms with van der Waals surface area (Å²) >= 11 is 0. The van der Waals surface area contributed by atoms with Gasteiger partial charge in [0.15, 0.2) is 0 Å². The van der Waals surface area contributed by atoms with E-state index in [0.717, 1.165) is 42.4 Å². The SMILES string of the molecule is C=CCCC1C=CC(C2CCC(C)CC2)CC1.CC1CCC(O)CC1. The Morgan fingerprint density at radius 2 is 1.44 bits per heavy atom. The highest BCUT2D eigenvalue weighted by Gasteiger charge is 2.26. The van der Waals surface area contributed by atoms with Gasteiger partial charge >= 0.3 is 0 Å². The maximum atomic E-state index is 9.03. The largest absolute Gasteiger partial charge is 0.393 e. The zero-order chi connectivity index (χ0) is 18.1. The third kappa shape index (κ3) is 7.69. The van der Waals surface area contributed by atoms with E-state index in [9.17, 15) is 0 Å². The molecule has 0 aliphatic heterocycles. The van der Waals surface area contributed by atoms with E-state index in [1.165, 1.54) is 64.2 Å². The molecule has 1 heteroatoms. The fraction of sp³-hybridized carbons (Fsp3) is 0.833. The number of aliphatic hydroxyl groups excluding tert-OH is 1. The first kappa shape index (κ1) is 20.7. The van der Waals surface area contributed by atoms with Gasteiger partial charge < -0.3 is 5.11 Å². The van der Waals surface area contributed by atoms with Gasteiger partial charge in [-0.2, -0.15) is 0 Å². The lowest BCUT2D eigenvalue weighted by atomic mass is 9.72. The van der Waals surface area contributed by atoms with Crippen molar-refractivity contribution in [3.63, 3.8) is 0 Å². The van der Waals surface area contributed by atoms with Gasteiger partial charge in [-0.1, -0.05) is 44.9 Å². The van der Waals surface area contributed by atoms with Crippen LogP contribution in [0.15, 0.2) is 24.8 Å². The summed E-state index contributed by atoms with van der Waals surface area (Å²) in [4.78, 5) is 0. The average molecular weight is 347 g/mol. The molecule has 1 N–H and O–H groups in total. The smallest absolute Gasteiger partial charge is 0.0540 e. The molecule has 3 rings (SSSR count). The van der Waals surface area contributed by atoms with E-state index in [1.54, 1.807) is 0 Å². The molecule has 3 aliphatic carbocycles. The molecular weight excluding hydrogens is 304 g/mol. The molecule has 2 fully saturated rings. The first-order valence-electron chi connectivity index (χ1n) is 11.1. The van der Waals surface area contributed by atoms with Gasteiger partial charge in [0, 0.05) is 0 Å². The lowest BCUT2D eigenvalue weighted by Crippen LogP contribution is -2.22. The summed E-state index contributed by atoms with van der Waals surface area (Å²) in [7, 11) is 0. The summed E-state index contributed by atoms with van der Waals surface area (Å²) in [5, 5.41) is 9.03. The second kappa shape index (κ2) is 11.2. The van der Waals surface area contributed by atoms with Crippen molar-refractivity contribution >= 4 is 0 Å². The summed E-state index contributed by atoms with van der Waals surface area (Å²) < 4.78 is 0. The number of hydrogen-bond acceptors (Lipinski definition) is 1. The van der Waals surface area contributed by atoms with Crippen molar-refractivity contribution in [2.75, 3.05) is 0 Å². The van der Waals surface area contributed by atoms with E-state index in [0.29, 0.717) is 0 Å². The Labute approximate surface area is 157 Å². The van der Waals surface area contributed by atoms with E-state index in [4.69, 9.17) is 5.11 Å². The molecule has 0 aromatic rings. The van der Waals surface area contributed by atoms with Gasteiger partial charge in [-0.05, 0) is 93.8 Å². The van der Waals surface area contributed by atoms with E-state index in [1.807, 2.05) is 0 Å². The summed E-state index contributed by atoms with van der Waals surface area (Å²) in [5.74, 6) is 4.59. The molecule has 0 aromatic heterocycles. The Kier molecular flexibility index (Phi) is 9.31. The van der Waals surface area contributed by atoms with E-state index in [-0.39, 0.29) is 6.10 Å². The zero-order valence-corrected chi connectivity index (χ0v) is 16.8. The van der Waals surface area contributed by atoms with Crippen LogP contribution < -0.4 is 0 Å². The van der Waals surface area contributed by atoms with Crippen molar-refractivity contribution in [3.8, 4) is 0 Å². The summed E-state index contributed by atoms with van der Waals surface area (Å²) in [5.41, 5.74) is 0. The summed E-state index contributed by atoms with van der Waals surface area (Å²) in [6.45, 7) is 8.49. The topological polar surface area (TPSA) is 20.2 Å². The summed E-state index contributed by atoms with van der Waals surface area (Å²) in [6.07, 6.45) is 22.9. The normalized spacial score (nSPS) is 38.5. The molecule has 3 aliphatic rings. The molecule has 2 unspecified atom stereocenters. The lowest BCUT2D eigenvalue weighted by Gasteiger charge is -2.34. The molecule has 1 nitrogen and oxygen atoms in total. The van der Waals surface area contributed by atoms with Crippen LogP contribution in [0.4, 0.5) is 0 Å². The predicted molar refractivity (Wildman–Crippen MR) is 110 cm³/mol. The van der Waals surface area contributed by atoms with Crippen LogP contribution in [-0.2, 0) is 0 Å². The highest BCUT2D eigenvalue weighted by molar-refractivity contribution is 5.01. The molecule has 0 heterocycles. The second-order valence-electron chi connectivity index (χ2n) is 9.19.